The average Bonchev–Trinajstić information content (AvgIpc) is 3.37. The molecule has 1 aromatic heterocycles. The highest BCUT2D eigenvalue weighted by molar-refractivity contribution is 6.02. The minimum Gasteiger partial charge on any atom is -0.497 e. The molecule has 0 atom stereocenters. The van der Waals surface area contributed by atoms with Gasteiger partial charge >= 0.3 is 0 Å². The first-order valence-electron chi connectivity index (χ1n) is 10.7. The molecule has 3 aromatic carbocycles. The maximum Gasteiger partial charge on any atom is 0.291 e. The van der Waals surface area contributed by atoms with Crippen molar-refractivity contribution in [2.75, 3.05) is 19.5 Å². The molecule has 184 valence electrons. The van der Waals surface area contributed by atoms with Crippen LogP contribution < -0.4 is 24.3 Å². The van der Waals surface area contributed by atoms with Gasteiger partial charge in [0.2, 0.25) is 0 Å². The normalized spacial score (nSPS) is 10.4. The first-order valence-corrected chi connectivity index (χ1v) is 10.7. The summed E-state index contributed by atoms with van der Waals surface area (Å²) in [6, 6.07) is 20.9. The number of carbonyl (C=O) groups is 1. The van der Waals surface area contributed by atoms with Crippen LogP contribution in [0, 0.1) is 10.1 Å². The van der Waals surface area contributed by atoms with Gasteiger partial charge in [0.25, 0.3) is 11.6 Å². The maximum absolute atomic E-state index is 12.7. The van der Waals surface area contributed by atoms with Crippen LogP contribution in [0.15, 0.2) is 83.3 Å². The standard InChI is InChI=1S/C26H22N2O8/c1-32-19-6-8-20(9-7-19)35-24-13-17(12-18(14-24)28(30)31)27-26(29)25-11-10-23(36-25)16-34-22-5-3-4-21(15-22)33-2/h3-15H,16H2,1-2H3,(H,27,29). The van der Waals surface area contributed by atoms with E-state index in [4.69, 9.17) is 23.4 Å². The number of hydrogen-bond acceptors (Lipinski definition) is 8. The molecule has 36 heavy (non-hydrogen) atoms. The molecule has 0 aliphatic heterocycles. The molecule has 0 bridgehead atoms. The number of anilines is 1. The predicted octanol–water partition coefficient (Wildman–Crippen LogP) is 5.83. The quantitative estimate of drug-likeness (QED) is 0.218. The highest BCUT2D eigenvalue weighted by Crippen LogP contribution is 2.31. The Bertz CT molecular complexity index is 1360. The van der Waals surface area contributed by atoms with Crippen LogP contribution in [0.1, 0.15) is 16.3 Å². The molecule has 10 nitrogen and oxygen atoms in total. The zero-order valence-electron chi connectivity index (χ0n) is 19.4. The molecule has 4 rings (SSSR count). The summed E-state index contributed by atoms with van der Waals surface area (Å²) >= 11 is 0. The van der Waals surface area contributed by atoms with Crippen LogP contribution in [0.3, 0.4) is 0 Å². The molecule has 0 fully saturated rings. The third-order valence-corrected chi connectivity index (χ3v) is 4.96. The lowest BCUT2D eigenvalue weighted by molar-refractivity contribution is -0.384. The fourth-order valence-corrected chi connectivity index (χ4v) is 3.22. The number of amides is 1. The fourth-order valence-electron chi connectivity index (χ4n) is 3.22. The largest absolute Gasteiger partial charge is 0.497 e. The van der Waals surface area contributed by atoms with Crippen molar-refractivity contribution in [1.82, 2.24) is 0 Å². The monoisotopic (exact) mass is 490 g/mol. The minimum atomic E-state index is -0.585. The number of nitro benzene ring substituents is 1. The van der Waals surface area contributed by atoms with E-state index in [1.807, 2.05) is 0 Å². The summed E-state index contributed by atoms with van der Waals surface area (Å²) in [6.07, 6.45) is 0. The molecule has 1 heterocycles. The third kappa shape index (κ3) is 6.11. The van der Waals surface area contributed by atoms with Crippen molar-refractivity contribution in [3.63, 3.8) is 0 Å². The molecule has 0 saturated heterocycles. The Labute approximate surface area is 206 Å². The van der Waals surface area contributed by atoms with Crippen LogP contribution >= 0.6 is 0 Å². The Morgan fingerprint density at radius 3 is 2.31 bits per heavy atom. The number of non-ortho nitro benzene ring substituents is 1. The number of carbonyl (C=O) groups excluding carboxylic acids is 1. The first kappa shape index (κ1) is 24.1. The Morgan fingerprint density at radius 2 is 1.58 bits per heavy atom. The van der Waals surface area contributed by atoms with Crippen LogP contribution in [0.5, 0.6) is 28.7 Å². The SMILES string of the molecule is COc1ccc(Oc2cc(NC(=O)c3ccc(COc4cccc(OC)c4)o3)cc([N+](=O)[O-])c2)cc1. The molecule has 1 N–H and O–H groups in total. The molecule has 1 amide bonds. The van der Waals surface area contributed by atoms with Crippen molar-refractivity contribution in [2.24, 2.45) is 0 Å². The van der Waals surface area contributed by atoms with Crippen molar-refractivity contribution in [3.05, 3.63) is 100 Å². The van der Waals surface area contributed by atoms with Crippen LogP contribution in [-0.2, 0) is 6.61 Å². The fraction of sp³-hybridized carbons (Fsp3) is 0.115. The van der Waals surface area contributed by atoms with Gasteiger partial charge in [0.05, 0.1) is 30.9 Å². The summed E-state index contributed by atoms with van der Waals surface area (Å²) in [7, 11) is 3.10. The van der Waals surface area contributed by atoms with Crippen molar-refractivity contribution in [2.45, 2.75) is 6.61 Å². The number of ether oxygens (including phenoxy) is 4. The van der Waals surface area contributed by atoms with Crippen LogP contribution in [0.4, 0.5) is 11.4 Å². The molecule has 0 spiro atoms. The minimum absolute atomic E-state index is 0.0170. The van der Waals surface area contributed by atoms with Crippen molar-refractivity contribution < 1.29 is 33.1 Å². The molecule has 0 radical (unpaired) electrons. The summed E-state index contributed by atoms with van der Waals surface area (Å²) in [4.78, 5) is 23.6. The van der Waals surface area contributed by atoms with Gasteiger partial charge in [0.15, 0.2) is 5.76 Å². The Balaban J connectivity index is 1.44. The van der Waals surface area contributed by atoms with Gasteiger partial charge in [-0.3, -0.25) is 14.9 Å². The van der Waals surface area contributed by atoms with Crippen molar-refractivity contribution >= 4 is 17.3 Å². The zero-order valence-corrected chi connectivity index (χ0v) is 19.4. The molecule has 0 aliphatic carbocycles. The lowest BCUT2D eigenvalue weighted by Crippen LogP contribution is -2.11. The van der Waals surface area contributed by atoms with Crippen LogP contribution in [0.2, 0.25) is 0 Å². The number of methoxy groups -OCH3 is 2. The third-order valence-electron chi connectivity index (χ3n) is 4.96. The van der Waals surface area contributed by atoms with Gasteiger partial charge in [-0.05, 0) is 48.5 Å². The lowest BCUT2D eigenvalue weighted by atomic mass is 10.2. The van der Waals surface area contributed by atoms with Crippen molar-refractivity contribution in [1.29, 1.82) is 0 Å². The van der Waals surface area contributed by atoms with E-state index in [2.05, 4.69) is 5.32 Å². The topological polar surface area (TPSA) is 122 Å². The zero-order chi connectivity index (χ0) is 25.5. The number of nitrogens with zero attached hydrogens (tertiary/aromatic N) is 1. The second-order valence-electron chi connectivity index (χ2n) is 7.44. The van der Waals surface area contributed by atoms with Crippen LogP contribution in [-0.4, -0.2) is 25.1 Å². The summed E-state index contributed by atoms with van der Waals surface area (Å²) in [6.45, 7) is 0.0944. The number of hydrogen-bond donors (Lipinski definition) is 1. The molecule has 0 aliphatic rings. The second kappa shape index (κ2) is 11.0. The predicted molar refractivity (Wildman–Crippen MR) is 130 cm³/mol. The van der Waals surface area contributed by atoms with E-state index in [1.165, 1.54) is 24.3 Å². The second-order valence-corrected chi connectivity index (χ2v) is 7.44. The van der Waals surface area contributed by atoms with Crippen molar-refractivity contribution in [3.8, 4) is 28.7 Å². The molecule has 10 heteroatoms. The van der Waals surface area contributed by atoms with Gasteiger partial charge in [-0.15, -0.1) is 0 Å². The summed E-state index contributed by atoms with van der Waals surface area (Å²) < 4.78 is 27.2. The van der Waals surface area contributed by atoms with E-state index in [0.717, 1.165) is 0 Å². The average molecular weight is 490 g/mol. The first-order chi connectivity index (χ1) is 17.4. The number of rotatable bonds is 10. The molecular formula is C26H22N2O8. The molecule has 0 saturated carbocycles. The highest BCUT2D eigenvalue weighted by atomic mass is 16.6. The number of furan rings is 1. The smallest absolute Gasteiger partial charge is 0.291 e. The number of nitrogens with one attached hydrogen (secondary N) is 1. The van der Waals surface area contributed by atoms with E-state index in [1.54, 1.807) is 68.8 Å². The molecular weight excluding hydrogens is 468 g/mol. The van der Waals surface area contributed by atoms with Crippen LogP contribution in [0.25, 0.3) is 0 Å². The van der Waals surface area contributed by atoms with Gasteiger partial charge in [-0.1, -0.05) is 6.07 Å². The van der Waals surface area contributed by atoms with E-state index in [-0.39, 0.29) is 29.5 Å². The Hall–Kier alpha value is -4.99. The van der Waals surface area contributed by atoms with Gasteiger partial charge < -0.3 is 28.7 Å². The van der Waals surface area contributed by atoms with E-state index >= 15 is 0 Å². The summed E-state index contributed by atoms with van der Waals surface area (Å²) in [5.74, 6) is 2.35. The molecule has 4 aromatic rings. The lowest BCUT2D eigenvalue weighted by Gasteiger charge is -2.09. The van der Waals surface area contributed by atoms with Gasteiger partial charge in [0, 0.05) is 18.2 Å². The van der Waals surface area contributed by atoms with Gasteiger partial charge in [-0.2, -0.15) is 0 Å². The Morgan fingerprint density at radius 1 is 0.861 bits per heavy atom. The van der Waals surface area contributed by atoms with Gasteiger partial charge in [0.1, 0.15) is 41.1 Å². The van der Waals surface area contributed by atoms with Gasteiger partial charge in [-0.25, -0.2) is 0 Å². The number of nitro groups is 1. The van der Waals surface area contributed by atoms with E-state index < -0.39 is 10.8 Å². The van der Waals surface area contributed by atoms with E-state index in [0.29, 0.717) is 28.8 Å². The number of benzene rings is 3. The summed E-state index contributed by atoms with van der Waals surface area (Å²) in [5.41, 5.74) is -0.0774. The van der Waals surface area contributed by atoms with E-state index in [9.17, 15) is 14.9 Å². The summed E-state index contributed by atoms with van der Waals surface area (Å²) in [5, 5.41) is 14.0. The maximum atomic E-state index is 12.7. The Kier molecular flexibility index (Phi) is 7.35. The molecule has 0 unspecified atom stereocenters. The highest BCUT2D eigenvalue weighted by Gasteiger charge is 2.16.